The van der Waals surface area contributed by atoms with Gasteiger partial charge in [0.1, 0.15) is 23.6 Å². The normalized spacial score (nSPS) is 38.6. The lowest BCUT2D eigenvalue weighted by Crippen LogP contribution is -2.56. The molecule has 1 saturated heterocycles. The molecule has 2 rings (SSSR count). The van der Waals surface area contributed by atoms with Crippen molar-refractivity contribution < 1.29 is 20.1 Å². The van der Waals surface area contributed by atoms with Crippen molar-refractivity contribution in [2.75, 3.05) is 12.3 Å². The first kappa shape index (κ1) is 13.9. The molecule has 1 aliphatic rings. The summed E-state index contributed by atoms with van der Waals surface area (Å²) in [5, 5.41) is 29.5. The highest BCUT2D eigenvalue weighted by Crippen LogP contribution is 2.42. The predicted octanol–water partition coefficient (Wildman–Crippen LogP) is -2.00. The Labute approximate surface area is 109 Å². The highest BCUT2D eigenvalue weighted by Gasteiger charge is 2.61. The van der Waals surface area contributed by atoms with E-state index in [9.17, 15) is 15.0 Å². The molecule has 1 aromatic heterocycles. The van der Waals surface area contributed by atoms with E-state index in [1.54, 1.807) is 0 Å². The molecule has 0 unspecified atom stereocenters. The summed E-state index contributed by atoms with van der Waals surface area (Å²) in [5.74, 6) is 0.0433. The number of hydrogen-bond donors (Lipinski definition) is 4. The molecule has 0 aliphatic carbocycles. The van der Waals surface area contributed by atoms with Crippen molar-refractivity contribution in [2.24, 2.45) is 0 Å². The van der Waals surface area contributed by atoms with E-state index in [1.807, 2.05) is 0 Å². The number of ether oxygens (including phenoxy) is 1. The summed E-state index contributed by atoms with van der Waals surface area (Å²) in [6.45, 7) is 2.28. The van der Waals surface area contributed by atoms with Crippen LogP contribution in [0.5, 0.6) is 0 Å². The summed E-state index contributed by atoms with van der Waals surface area (Å²) in [6, 6.07) is 1.38. The van der Waals surface area contributed by atoms with Gasteiger partial charge < -0.3 is 25.8 Å². The van der Waals surface area contributed by atoms with Crippen molar-refractivity contribution in [1.82, 2.24) is 9.55 Å². The minimum Gasteiger partial charge on any atom is -0.394 e. The van der Waals surface area contributed by atoms with Crippen LogP contribution in [0.2, 0.25) is 0 Å². The third-order valence-electron chi connectivity index (χ3n) is 3.71. The highest BCUT2D eigenvalue weighted by atomic mass is 16.6. The number of nitrogen functional groups attached to an aromatic ring is 1. The summed E-state index contributed by atoms with van der Waals surface area (Å²) >= 11 is 0. The first-order valence-corrected chi connectivity index (χ1v) is 5.79. The predicted molar refractivity (Wildman–Crippen MR) is 65.1 cm³/mol. The molecule has 8 heteroatoms. The van der Waals surface area contributed by atoms with Crippen LogP contribution in [0.25, 0.3) is 0 Å². The smallest absolute Gasteiger partial charge is 0.351 e. The van der Waals surface area contributed by atoms with E-state index >= 15 is 0 Å². The van der Waals surface area contributed by atoms with Crippen LogP contribution in [0.1, 0.15) is 13.8 Å². The standard InChI is InChI=1S/C11H17N3O5/c1-10(18)8(16)6(5-15)19-11(10,2)14-4-3-7(12)13-9(14)17/h3-4,6,8,15-16,18H,5H2,1-2H3,(H2,12,13,17)/t6-,8-,10-,11-/m1/s1. The second-order valence-electron chi connectivity index (χ2n) is 4.92. The van der Waals surface area contributed by atoms with E-state index in [0.29, 0.717) is 0 Å². The first-order chi connectivity index (χ1) is 8.74. The third-order valence-corrected chi connectivity index (χ3v) is 3.71. The van der Waals surface area contributed by atoms with Crippen molar-refractivity contribution in [3.05, 3.63) is 22.7 Å². The zero-order chi connectivity index (χ0) is 14.4. The second-order valence-corrected chi connectivity index (χ2v) is 4.92. The summed E-state index contributed by atoms with van der Waals surface area (Å²) in [5.41, 5.74) is 1.35. The van der Waals surface area contributed by atoms with Crippen molar-refractivity contribution in [3.8, 4) is 0 Å². The Kier molecular flexibility index (Phi) is 3.13. The SMILES string of the molecule is C[C@@]1(n2ccc(N)nc2=O)O[C@H](CO)[C@@H](O)[C@@]1(C)O. The molecule has 4 atom stereocenters. The molecule has 106 valence electrons. The molecule has 0 amide bonds. The van der Waals surface area contributed by atoms with Gasteiger partial charge in [-0.3, -0.25) is 4.57 Å². The maximum Gasteiger partial charge on any atom is 0.351 e. The van der Waals surface area contributed by atoms with Crippen molar-refractivity contribution in [1.29, 1.82) is 0 Å². The molecule has 1 aliphatic heterocycles. The Hall–Kier alpha value is -1.48. The van der Waals surface area contributed by atoms with Crippen LogP contribution in [0.4, 0.5) is 5.82 Å². The molecule has 0 saturated carbocycles. The van der Waals surface area contributed by atoms with Gasteiger partial charge in [-0.2, -0.15) is 4.98 Å². The zero-order valence-electron chi connectivity index (χ0n) is 10.6. The van der Waals surface area contributed by atoms with E-state index in [-0.39, 0.29) is 5.82 Å². The lowest BCUT2D eigenvalue weighted by molar-refractivity contribution is -0.178. The fraction of sp³-hybridized carbons (Fsp3) is 0.636. The molecule has 0 spiro atoms. The first-order valence-electron chi connectivity index (χ1n) is 5.79. The number of aromatic nitrogens is 2. The van der Waals surface area contributed by atoms with Crippen LogP contribution in [0, 0.1) is 0 Å². The topological polar surface area (TPSA) is 131 Å². The number of aliphatic hydroxyl groups excluding tert-OH is 2. The molecule has 1 fully saturated rings. The molecule has 19 heavy (non-hydrogen) atoms. The van der Waals surface area contributed by atoms with Crippen LogP contribution in [0.15, 0.2) is 17.1 Å². The van der Waals surface area contributed by atoms with Gasteiger partial charge in [0.2, 0.25) is 0 Å². The van der Waals surface area contributed by atoms with Gasteiger partial charge in [-0.15, -0.1) is 0 Å². The molecule has 2 heterocycles. The quantitative estimate of drug-likeness (QED) is 0.489. The molecular formula is C11H17N3O5. The molecule has 5 N–H and O–H groups in total. The zero-order valence-corrected chi connectivity index (χ0v) is 10.6. The molecule has 0 radical (unpaired) electrons. The summed E-state index contributed by atoms with van der Waals surface area (Å²) in [6.07, 6.45) is -1.01. The maximum absolute atomic E-state index is 11.9. The van der Waals surface area contributed by atoms with Crippen molar-refractivity contribution in [2.45, 2.75) is 37.4 Å². The molecule has 0 aromatic carbocycles. The van der Waals surface area contributed by atoms with Gasteiger partial charge in [0.15, 0.2) is 5.72 Å². The molecular weight excluding hydrogens is 254 g/mol. The monoisotopic (exact) mass is 271 g/mol. The Morgan fingerprint density at radius 2 is 2.21 bits per heavy atom. The average Bonchev–Trinajstić information content (AvgIpc) is 2.50. The summed E-state index contributed by atoms with van der Waals surface area (Å²) in [4.78, 5) is 15.4. The van der Waals surface area contributed by atoms with Gasteiger partial charge in [-0.05, 0) is 19.9 Å². The number of rotatable bonds is 2. The van der Waals surface area contributed by atoms with Crippen molar-refractivity contribution in [3.63, 3.8) is 0 Å². The van der Waals surface area contributed by atoms with Crippen LogP contribution in [-0.4, -0.2) is 49.3 Å². The van der Waals surface area contributed by atoms with Crippen LogP contribution >= 0.6 is 0 Å². The van der Waals surface area contributed by atoms with Gasteiger partial charge in [0.25, 0.3) is 0 Å². The molecule has 8 nitrogen and oxygen atoms in total. The van der Waals surface area contributed by atoms with Crippen LogP contribution < -0.4 is 11.4 Å². The average molecular weight is 271 g/mol. The second kappa shape index (κ2) is 4.27. The minimum atomic E-state index is -1.78. The molecule has 1 aromatic rings. The summed E-state index contributed by atoms with van der Waals surface area (Å²) in [7, 11) is 0. The number of nitrogens with zero attached hydrogens (tertiary/aromatic N) is 2. The van der Waals surface area contributed by atoms with Crippen molar-refractivity contribution >= 4 is 5.82 Å². The van der Waals surface area contributed by atoms with Gasteiger partial charge in [-0.1, -0.05) is 0 Å². The maximum atomic E-state index is 11.9. The number of anilines is 1. The number of nitrogens with two attached hydrogens (primary N) is 1. The lowest BCUT2D eigenvalue weighted by Gasteiger charge is -2.37. The largest absolute Gasteiger partial charge is 0.394 e. The molecule has 0 bridgehead atoms. The van der Waals surface area contributed by atoms with Crippen LogP contribution in [0.3, 0.4) is 0 Å². The Morgan fingerprint density at radius 3 is 2.68 bits per heavy atom. The third kappa shape index (κ3) is 1.84. The van der Waals surface area contributed by atoms with E-state index < -0.39 is 35.8 Å². The van der Waals surface area contributed by atoms with Crippen LogP contribution in [-0.2, 0) is 10.5 Å². The Morgan fingerprint density at radius 1 is 1.58 bits per heavy atom. The van der Waals surface area contributed by atoms with E-state index in [4.69, 9.17) is 15.6 Å². The van der Waals surface area contributed by atoms with Gasteiger partial charge in [-0.25, -0.2) is 4.79 Å². The van der Waals surface area contributed by atoms with Gasteiger partial charge in [0, 0.05) is 6.20 Å². The Balaban J connectivity index is 2.56. The highest BCUT2D eigenvalue weighted by molar-refractivity contribution is 5.24. The van der Waals surface area contributed by atoms with Gasteiger partial charge in [0.05, 0.1) is 6.61 Å². The lowest BCUT2D eigenvalue weighted by atomic mass is 9.88. The fourth-order valence-electron chi connectivity index (χ4n) is 2.29. The van der Waals surface area contributed by atoms with E-state index in [2.05, 4.69) is 4.98 Å². The minimum absolute atomic E-state index is 0.0433. The number of hydrogen-bond acceptors (Lipinski definition) is 7. The van der Waals surface area contributed by atoms with E-state index in [0.717, 1.165) is 4.57 Å². The fourth-order valence-corrected chi connectivity index (χ4v) is 2.29. The number of aliphatic hydroxyl groups is 3. The Bertz CT molecular complexity index is 543. The van der Waals surface area contributed by atoms with E-state index in [1.165, 1.54) is 26.1 Å². The summed E-state index contributed by atoms with van der Waals surface area (Å²) < 4.78 is 6.51. The van der Waals surface area contributed by atoms with Gasteiger partial charge >= 0.3 is 5.69 Å².